The monoisotopic (exact) mass is 303 g/mol. The zero-order valence-corrected chi connectivity index (χ0v) is 12.1. The molecule has 0 spiro atoms. The lowest BCUT2D eigenvalue weighted by Crippen LogP contribution is -2.48. The third-order valence-electron chi connectivity index (χ3n) is 3.34. The second kappa shape index (κ2) is 4.87. The van der Waals surface area contributed by atoms with Gasteiger partial charge in [-0.1, -0.05) is 0 Å². The molecule has 0 bridgehead atoms. The molecule has 2 rings (SSSR count). The Morgan fingerprint density at radius 1 is 1.50 bits per heavy atom. The summed E-state index contributed by atoms with van der Waals surface area (Å²) in [5, 5.41) is 18.8. The molecule has 0 saturated carbocycles. The molecule has 0 aromatic carbocycles. The second-order valence-corrected chi connectivity index (χ2v) is 7.18. The Kier molecular flexibility index (Phi) is 3.66. The number of carboxylic acid groups (broad SMARTS) is 1. The molecule has 112 valence electrons. The fourth-order valence-electron chi connectivity index (χ4n) is 2.35. The van der Waals surface area contributed by atoms with E-state index in [0.717, 1.165) is 6.07 Å². The van der Waals surface area contributed by atoms with Crippen LogP contribution in [0.4, 0.5) is 0 Å². The van der Waals surface area contributed by atoms with E-state index in [1.807, 2.05) is 0 Å². The van der Waals surface area contributed by atoms with Crippen molar-refractivity contribution >= 4 is 16.0 Å². The summed E-state index contributed by atoms with van der Waals surface area (Å²) in [5.74, 6) is -1.70. The standard InChI is InChI=1S/C12H17NO6S/c1-8-10(6-9(19-8)11(14)15)20(17,18)13-5-3-4-12(2,16)7-13/h6,16H,3-5,7H2,1-2H3,(H,14,15). The van der Waals surface area contributed by atoms with Crippen molar-refractivity contribution in [1.82, 2.24) is 4.31 Å². The van der Waals surface area contributed by atoms with Crippen LogP contribution in [0.15, 0.2) is 15.4 Å². The van der Waals surface area contributed by atoms with Crippen molar-refractivity contribution in [3.63, 3.8) is 0 Å². The number of carboxylic acids is 1. The van der Waals surface area contributed by atoms with E-state index >= 15 is 0 Å². The Bertz CT molecular complexity index is 630. The van der Waals surface area contributed by atoms with Crippen molar-refractivity contribution in [1.29, 1.82) is 0 Å². The summed E-state index contributed by atoms with van der Waals surface area (Å²) in [6.45, 7) is 3.27. The molecule has 0 radical (unpaired) electrons. The minimum absolute atomic E-state index is 0.0115. The molecular formula is C12H17NO6S. The van der Waals surface area contributed by atoms with Gasteiger partial charge in [0.2, 0.25) is 15.8 Å². The molecule has 1 aliphatic rings. The topological polar surface area (TPSA) is 108 Å². The first-order valence-electron chi connectivity index (χ1n) is 6.20. The first kappa shape index (κ1) is 15.0. The van der Waals surface area contributed by atoms with E-state index in [1.54, 1.807) is 6.92 Å². The van der Waals surface area contributed by atoms with Gasteiger partial charge >= 0.3 is 5.97 Å². The fourth-order valence-corrected chi connectivity index (χ4v) is 4.10. The summed E-state index contributed by atoms with van der Waals surface area (Å²) in [6.07, 6.45) is 1.08. The summed E-state index contributed by atoms with van der Waals surface area (Å²) in [5.41, 5.74) is -1.07. The Morgan fingerprint density at radius 3 is 2.65 bits per heavy atom. The maximum absolute atomic E-state index is 12.5. The van der Waals surface area contributed by atoms with Crippen molar-refractivity contribution in [3.05, 3.63) is 17.6 Å². The zero-order valence-electron chi connectivity index (χ0n) is 11.3. The van der Waals surface area contributed by atoms with E-state index < -0.39 is 27.4 Å². The number of aromatic carboxylic acids is 1. The molecule has 0 aliphatic carbocycles. The highest BCUT2D eigenvalue weighted by Gasteiger charge is 2.37. The predicted octanol–water partition coefficient (Wildman–Crippen LogP) is 0.822. The van der Waals surface area contributed by atoms with Crippen LogP contribution in [0.2, 0.25) is 0 Å². The van der Waals surface area contributed by atoms with Crippen LogP contribution in [0.3, 0.4) is 0 Å². The van der Waals surface area contributed by atoms with Crippen LogP contribution in [-0.2, 0) is 10.0 Å². The van der Waals surface area contributed by atoms with Crippen LogP contribution in [0.25, 0.3) is 0 Å². The third kappa shape index (κ3) is 2.72. The largest absolute Gasteiger partial charge is 0.475 e. The zero-order chi connectivity index (χ0) is 15.1. The van der Waals surface area contributed by atoms with Crippen LogP contribution in [0, 0.1) is 6.92 Å². The molecule has 20 heavy (non-hydrogen) atoms. The highest BCUT2D eigenvalue weighted by atomic mass is 32.2. The second-order valence-electron chi connectivity index (χ2n) is 5.28. The van der Waals surface area contributed by atoms with E-state index in [-0.39, 0.29) is 17.2 Å². The van der Waals surface area contributed by atoms with Gasteiger partial charge in [-0.15, -0.1) is 0 Å². The van der Waals surface area contributed by atoms with Gasteiger partial charge in [0.15, 0.2) is 0 Å². The lowest BCUT2D eigenvalue weighted by Gasteiger charge is -2.35. The molecule has 1 fully saturated rings. The molecule has 8 heteroatoms. The number of aliphatic hydroxyl groups is 1. The molecule has 0 amide bonds. The predicted molar refractivity (Wildman–Crippen MR) is 69.0 cm³/mol. The third-order valence-corrected chi connectivity index (χ3v) is 5.29. The minimum atomic E-state index is -3.86. The maximum Gasteiger partial charge on any atom is 0.371 e. The number of hydrogen-bond donors (Lipinski definition) is 2. The molecule has 1 unspecified atom stereocenters. The molecule has 1 saturated heterocycles. The Balaban J connectivity index is 2.37. The molecule has 1 aromatic rings. The van der Waals surface area contributed by atoms with E-state index in [4.69, 9.17) is 9.52 Å². The van der Waals surface area contributed by atoms with E-state index in [0.29, 0.717) is 19.4 Å². The van der Waals surface area contributed by atoms with Crippen LogP contribution in [0.5, 0.6) is 0 Å². The first-order valence-corrected chi connectivity index (χ1v) is 7.64. The number of nitrogens with zero attached hydrogens (tertiary/aromatic N) is 1. The van der Waals surface area contributed by atoms with Gasteiger partial charge in [0, 0.05) is 19.2 Å². The minimum Gasteiger partial charge on any atom is -0.475 e. The van der Waals surface area contributed by atoms with Gasteiger partial charge in [-0.2, -0.15) is 4.31 Å². The quantitative estimate of drug-likeness (QED) is 0.856. The van der Waals surface area contributed by atoms with Crippen molar-refractivity contribution < 1.29 is 27.8 Å². The van der Waals surface area contributed by atoms with Crippen molar-refractivity contribution in [2.75, 3.05) is 13.1 Å². The number of carbonyl (C=O) groups is 1. The van der Waals surface area contributed by atoms with Crippen LogP contribution in [0.1, 0.15) is 36.1 Å². The summed E-state index contributed by atoms with van der Waals surface area (Å²) in [6, 6.07) is 1.01. The summed E-state index contributed by atoms with van der Waals surface area (Å²) in [7, 11) is -3.86. The van der Waals surface area contributed by atoms with Gasteiger partial charge < -0.3 is 14.6 Å². The van der Waals surface area contributed by atoms with Crippen LogP contribution < -0.4 is 0 Å². The van der Waals surface area contributed by atoms with Crippen LogP contribution >= 0.6 is 0 Å². The highest BCUT2D eigenvalue weighted by molar-refractivity contribution is 7.89. The molecule has 1 atom stereocenters. The Labute approximate surface area is 116 Å². The van der Waals surface area contributed by atoms with Gasteiger partial charge in [0.25, 0.3) is 0 Å². The summed E-state index contributed by atoms with van der Waals surface area (Å²) >= 11 is 0. The Hall–Kier alpha value is -1.38. The molecule has 2 heterocycles. The Morgan fingerprint density at radius 2 is 2.15 bits per heavy atom. The van der Waals surface area contributed by atoms with E-state index in [2.05, 4.69) is 0 Å². The molecule has 7 nitrogen and oxygen atoms in total. The number of aryl methyl sites for hydroxylation is 1. The van der Waals surface area contributed by atoms with Gasteiger partial charge in [-0.05, 0) is 26.7 Å². The normalized spacial score (nSPS) is 24.8. The highest BCUT2D eigenvalue weighted by Crippen LogP contribution is 2.29. The van der Waals surface area contributed by atoms with E-state index in [1.165, 1.54) is 11.2 Å². The molecule has 1 aliphatic heterocycles. The number of piperidine rings is 1. The number of rotatable bonds is 3. The van der Waals surface area contributed by atoms with Gasteiger partial charge in [0.1, 0.15) is 10.7 Å². The average Bonchev–Trinajstić information content (AvgIpc) is 2.71. The number of furan rings is 1. The van der Waals surface area contributed by atoms with Crippen LogP contribution in [-0.4, -0.2) is 47.6 Å². The van der Waals surface area contributed by atoms with Gasteiger partial charge in [0.05, 0.1) is 5.60 Å². The van der Waals surface area contributed by atoms with E-state index in [9.17, 15) is 18.3 Å². The van der Waals surface area contributed by atoms with Crippen molar-refractivity contribution in [2.24, 2.45) is 0 Å². The summed E-state index contributed by atoms with van der Waals surface area (Å²) < 4.78 is 31.1. The van der Waals surface area contributed by atoms with Gasteiger partial charge in [-0.3, -0.25) is 0 Å². The number of sulfonamides is 1. The first-order chi connectivity index (χ1) is 9.13. The lowest BCUT2D eigenvalue weighted by atomic mass is 9.97. The average molecular weight is 303 g/mol. The lowest BCUT2D eigenvalue weighted by molar-refractivity contribution is 0.00937. The smallest absolute Gasteiger partial charge is 0.371 e. The number of β-amino-alcohol motifs (C(OH)–C–C–N with tert-alkyl or cyclic N) is 1. The SMILES string of the molecule is Cc1oc(C(=O)O)cc1S(=O)(=O)N1CCCC(C)(O)C1. The number of hydrogen-bond acceptors (Lipinski definition) is 5. The maximum atomic E-state index is 12.5. The fraction of sp³-hybridized carbons (Fsp3) is 0.583. The molecule has 1 aromatic heterocycles. The molecular weight excluding hydrogens is 286 g/mol. The van der Waals surface area contributed by atoms with Gasteiger partial charge in [-0.25, -0.2) is 13.2 Å². The molecule has 2 N–H and O–H groups in total. The summed E-state index contributed by atoms with van der Waals surface area (Å²) in [4.78, 5) is 10.7. The van der Waals surface area contributed by atoms with Crippen molar-refractivity contribution in [2.45, 2.75) is 37.2 Å². The van der Waals surface area contributed by atoms with Crippen molar-refractivity contribution in [3.8, 4) is 0 Å².